The highest BCUT2D eigenvalue weighted by Crippen LogP contribution is 2.23. The summed E-state index contributed by atoms with van der Waals surface area (Å²) in [5.74, 6) is 1.43. The predicted molar refractivity (Wildman–Crippen MR) is 97.1 cm³/mol. The van der Waals surface area contributed by atoms with Gasteiger partial charge in [-0.1, -0.05) is 11.6 Å². The number of rotatable bonds is 7. The molecule has 3 aromatic rings. The van der Waals surface area contributed by atoms with Gasteiger partial charge in [-0.05, 0) is 48.5 Å². The lowest BCUT2D eigenvalue weighted by Gasteiger charge is -2.06. The van der Waals surface area contributed by atoms with E-state index in [1.807, 2.05) is 12.1 Å². The Bertz CT molecular complexity index is 860. The van der Waals surface area contributed by atoms with Gasteiger partial charge in [-0.25, -0.2) is 4.98 Å². The summed E-state index contributed by atoms with van der Waals surface area (Å²) >= 11 is 5.88. The van der Waals surface area contributed by atoms with Crippen molar-refractivity contribution in [2.45, 2.75) is 6.61 Å². The Morgan fingerprint density at radius 2 is 1.88 bits per heavy atom. The molecule has 0 radical (unpaired) electrons. The third kappa shape index (κ3) is 4.62. The number of hydrogen-bond acceptors (Lipinski definition) is 5. The van der Waals surface area contributed by atoms with Crippen LogP contribution in [0.2, 0.25) is 5.02 Å². The van der Waals surface area contributed by atoms with Crippen LogP contribution < -0.4 is 10.1 Å². The molecule has 0 saturated heterocycles. The first-order chi connectivity index (χ1) is 12.7. The summed E-state index contributed by atoms with van der Waals surface area (Å²) in [6.07, 6.45) is 1.64. The molecule has 26 heavy (non-hydrogen) atoms. The van der Waals surface area contributed by atoms with Crippen LogP contribution in [0.25, 0.3) is 11.3 Å². The van der Waals surface area contributed by atoms with E-state index in [-0.39, 0.29) is 25.7 Å². The number of aliphatic hydroxyl groups excluding tert-OH is 1. The number of carbonyl (C=O) groups is 1. The molecule has 0 atom stereocenters. The van der Waals surface area contributed by atoms with Crippen LogP contribution in [-0.2, 0) is 6.61 Å². The van der Waals surface area contributed by atoms with Crippen molar-refractivity contribution in [2.24, 2.45) is 0 Å². The maximum atomic E-state index is 11.8. The van der Waals surface area contributed by atoms with Crippen molar-refractivity contribution in [3.8, 4) is 17.1 Å². The zero-order valence-corrected chi connectivity index (χ0v) is 14.6. The van der Waals surface area contributed by atoms with E-state index < -0.39 is 0 Å². The number of hydrogen-bond donors (Lipinski definition) is 2. The van der Waals surface area contributed by atoms with Gasteiger partial charge >= 0.3 is 0 Å². The van der Waals surface area contributed by atoms with Gasteiger partial charge in [0.2, 0.25) is 5.89 Å². The van der Waals surface area contributed by atoms with Crippen LogP contribution >= 0.6 is 11.6 Å². The van der Waals surface area contributed by atoms with E-state index >= 15 is 0 Å². The molecule has 0 aliphatic heterocycles. The number of amides is 1. The molecule has 134 valence electrons. The van der Waals surface area contributed by atoms with Crippen molar-refractivity contribution >= 4 is 17.5 Å². The zero-order chi connectivity index (χ0) is 18.4. The molecule has 6 nitrogen and oxygen atoms in total. The highest BCUT2D eigenvalue weighted by molar-refractivity contribution is 6.30. The third-order valence-electron chi connectivity index (χ3n) is 3.56. The summed E-state index contributed by atoms with van der Waals surface area (Å²) in [4.78, 5) is 16.0. The van der Waals surface area contributed by atoms with Crippen molar-refractivity contribution in [3.05, 3.63) is 71.2 Å². The number of ether oxygens (including phenoxy) is 1. The first kappa shape index (κ1) is 18.0. The van der Waals surface area contributed by atoms with Crippen LogP contribution in [0.1, 0.15) is 16.2 Å². The van der Waals surface area contributed by atoms with Crippen molar-refractivity contribution in [1.82, 2.24) is 10.3 Å². The lowest BCUT2D eigenvalue weighted by molar-refractivity contribution is 0.0944. The van der Waals surface area contributed by atoms with Gasteiger partial charge in [-0.3, -0.25) is 4.79 Å². The number of aromatic nitrogens is 1. The molecule has 0 bridgehead atoms. The summed E-state index contributed by atoms with van der Waals surface area (Å²) in [6, 6.07) is 14.0. The van der Waals surface area contributed by atoms with Gasteiger partial charge in [0.1, 0.15) is 5.75 Å². The molecule has 0 aliphatic carbocycles. The Morgan fingerprint density at radius 3 is 2.58 bits per heavy atom. The lowest BCUT2D eigenvalue weighted by atomic mass is 10.2. The summed E-state index contributed by atoms with van der Waals surface area (Å²) in [5.41, 5.74) is 1.37. The molecule has 0 aliphatic rings. The zero-order valence-electron chi connectivity index (χ0n) is 13.8. The molecule has 1 aromatic heterocycles. The highest BCUT2D eigenvalue weighted by atomic mass is 35.5. The SMILES string of the molecule is O=C(NCCO)c1ccc(OCc2ncc(-c3ccc(Cl)cc3)o2)cc1. The molecule has 2 N–H and O–H groups in total. The Morgan fingerprint density at radius 1 is 1.15 bits per heavy atom. The summed E-state index contributed by atoms with van der Waals surface area (Å²) in [7, 11) is 0. The van der Waals surface area contributed by atoms with Crippen LogP contribution in [0, 0.1) is 0 Å². The van der Waals surface area contributed by atoms with Crippen molar-refractivity contribution < 1.29 is 19.1 Å². The average molecular weight is 373 g/mol. The molecule has 3 rings (SSSR count). The van der Waals surface area contributed by atoms with Crippen molar-refractivity contribution in [3.63, 3.8) is 0 Å². The van der Waals surface area contributed by atoms with Gasteiger partial charge in [0.15, 0.2) is 12.4 Å². The van der Waals surface area contributed by atoms with Gasteiger partial charge in [0.25, 0.3) is 5.91 Å². The Labute approximate surface area is 155 Å². The number of halogens is 1. The van der Waals surface area contributed by atoms with E-state index in [9.17, 15) is 4.79 Å². The number of aliphatic hydroxyl groups is 1. The van der Waals surface area contributed by atoms with Crippen LogP contribution in [-0.4, -0.2) is 29.1 Å². The standard InChI is InChI=1S/C19H17ClN2O4/c20-15-5-1-13(2-6-15)17-11-22-18(26-17)12-25-16-7-3-14(4-8-16)19(24)21-9-10-23/h1-8,11,23H,9-10,12H2,(H,21,24). The second-order valence-corrected chi connectivity index (χ2v) is 5.85. The van der Waals surface area contributed by atoms with E-state index in [0.29, 0.717) is 28.0 Å². The number of nitrogens with one attached hydrogen (secondary N) is 1. The molecule has 0 spiro atoms. The summed E-state index contributed by atoms with van der Waals surface area (Å²) in [6.45, 7) is 0.294. The summed E-state index contributed by atoms with van der Waals surface area (Å²) < 4.78 is 11.3. The maximum absolute atomic E-state index is 11.8. The number of nitrogens with zero attached hydrogens (tertiary/aromatic N) is 1. The van der Waals surface area contributed by atoms with E-state index in [4.69, 9.17) is 25.9 Å². The minimum absolute atomic E-state index is 0.0961. The van der Waals surface area contributed by atoms with Gasteiger partial charge < -0.3 is 19.6 Å². The Hall–Kier alpha value is -2.83. The van der Waals surface area contributed by atoms with E-state index in [0.717, 1.165) is 5.56 Å². The largest absolute Gasteiger partial charge is 0.484 e. The van der Waals surface area contributed by atoms with Crippen molar-refractivity contribution in [1.29, 1.82) is 0 Å². The average Bonchev–Trinajstić information content (AvgIpc) is 3.14. The van der Waals surface area contributed by atoms with E-state index in [1.165, 1.54) is 0 Å². The number of benzene rings is 2. The fraction of sp³-hybridized carbons (Fsp3) is 0.158. The van der Waals surface area contributed by atoms with Gasteiger partial charge in [0, 0.05) is 22.7 Å². The van der Waals surface area contributed by atoms with Gasteiger partial charge in [0.05, 0.1) is 12.8 Å². The lowest BCUT2D eigenvalue weighted by Crippen LogP contribution is -2.26. The first-order valence-corrected chi connectivity index (χ1v) is 8.36. The maximum Gasteiger partial charge on any atom is 0.251 e. The summed E-state index contributed by atoms with van der Waals surface area (Å²) in [5, 5.41) is 12.0. The first-order valence-electron chi connectivity index (χ1n) is 7.98. The van der Waals surface area contributed by atoms with Crippen molar-refractivity contribution in [2.75, 3.05) is 13.2 Å². The predicted octanol–water partition coefficient (Wildman–Crippen LogP) is 3.30. The minimum Gasteiger partial charge on any atom is -0.484 e. The minimum atomic E-state index is -0.245. The fourth-order valence-electron chi connectivity index (χ4n) is 2.24. The smallest absolute Gasteiger partial charge is 0.251 e. The number of oxazole rings is 1. The normalized spacial score (nSPS) is 10.5. The van der Waals surface area contributed by atoms with Gasteiger partial charge in [-0.2, -0.15) is 0 Å². The van der Waals surface area contributed by atoms with Gasteiger partial charge in [-0.15, -0.1) is 0 Å². The molecule has 0 fully saturated rings. The quantitative estimate of drug-likeness (QED) is 0.664. The third-order valence-corrected chi connectivity index (χ3v) is 3.81. The molecule has 1 amide bonds. The monoisotopic (exact) mass is 372 g/mol. The molecule has 0 saturated carbocycles. The molecular formula is C19H17ClN2O4. The molecule has 1 heterocycles. The van der Waals surface area contributed by atoms with Crippen LogP contribution in [0.3, 0.4) is 0 Å². The molecule has 2 aromatic carbocycles. The highest BCUT2D eigenvalue weighted by Gasteiger charge is 2.08. The Kier molecular flexibility index (Phi) is 5.88. The Balaban J connectivity index is 1.57. The van der Waals surface area contributed by atoms with Crippen LogP contribution in [0.4, 0.5) is 0 Å². The fourth-order valence-corrected chi connectivity index (χ4v) is 2.37. The van der Waals surface area contributed by atoms with Crippen LogP contribution in [0.15, 0.2) is 59.1 Å². The second kappa shape index (κ2) is 8.51. The molecular weight excluding hydrogens is 356 g/mol. The molecule has 7 heteroatoms. The second-order valence-electron chi connectivity index (χ2n) is 5.42. The van der Waals surface area contributed by atoms with E-state index in [1.54, 1.807) is 42.6 Å². The van der Waals surface area contributed by atoms with E-state index in [2.05, 4.69) is 10.3 Å². The topological polar surface area (TPSA) is 84.6 Å². The number of carbonyl (C=O) groups excluding carboxylic acids is 1. The van der Waals surface area contributed by atoms with Crippen LogP contribution in [0.5, 0.6) is 5.75 Å². The molecule has 0 unspecified atom stereocenters.